The van der Waals surface area contributed by atoms with Gasteiger partial charge in [0.05, 0.1) is 6.54 Å². The number of thiocarbonyl (C=S) groups is 1. The molecule has 0 atom stereocenters. The third kappa shape index (κ3) is 6.36. The Hall–Kier alpha value is -3.26. The second kappa shape index (κ2) is 11.2. The lowest BCUT2D eigenvalue weighted by molar-refractivity contribution is 0.0947. The molecule has 0 bridgehead atoms. The highest BCUT2D eigenvalue weighted by atomic mass is 32.1. The zero-order chi connectivity index (χ0) is 22.1. The molecule has 0 aliphatic carbocycles. The molecule has 3 rings (SSSR count). The lowest BCUT2D eigenvalue weighted by Gasteiger charge is -2.09. The number of nitrogens with one attached hydrogen (secondary N) is 2. The van der Waals surface area contributed by atoms with Gasteiger partial charge in [-0.1, -0.05) is 48.6 Å². The summed E-state index contributed by atoms with van der Waals surface area (Å²) in [5.74, 6) is 0.477. The predicted octanol–water partition coefficient (Wildman–Crippen LogP) is 3.35. The van der Waals surface area contributed by atoms with Gasteiger partial charge in [-0.15, -0.1) is 0 Å². The van der Waals surface area contributed by atoms with Crippen LogP contribution in [-0.4, -0.2) is 41.0 Å². The lowest BCUT2D eigenvalue weighted by Crippen LogP contribution is -2.28. The van der Waals surface area contributed by atoms with Crippen LogP contribution in [0.2, 0.25) is 0 Å². The number of hydrogen-bond acceptors (Lipinski definition) is 5. The number of aliphatic hydroxyl groups is 1. The first-order chi connectivity index (χ1) is 15.1. The maximum atomic E-state index is 12.4. The molecule has 0 aliphatic rings. The molecule has 0 radical (unpaired) electrons. The molecule has 0 saturated carbocycles. The fourth-order valence-corrected chi connectivity index (χ4v) is 3.19. The van der Waals surface area contributed by atoms with Crippen molar-refractivity contribution in [3.8, 4) is 16.9 Å². The van der Waals surface area contributed by atoms with E-state index in [1.807, 2.05) is 41.9 Å². The largest absolute Gasteiger partial charge is 0.492 e. The van der Waals surface area contributed by atoms with Crippen LogP contribution in [0.15, 0.2) is 72.8 Å². The third-order valence-electron chi connectivity index (χ3n) is 4.68. The average Bonchev–Trinajstić information content (AvgIpc) is 2.82. The van der Waals surface area contributed by atoms with Gasteiger partial charge in [0.2, 0.25) is 0 Å². The van der Waals surface area contributed by atoms with Crippen LogP contribution in [0.4, 0.5) is 0 Å². The number of hydrogen-bond donors (Lipinski definition) is 4. The van der Waals surface area contributed by atoms with E-state index < -0.39 is 0 Å². The minimum Gasteiger partial charge on any atom is -0.492 e. The molecule has 0 saturated heterocycles. The number of ether oxygens (including phenoxy) is 1. The van der Waals surface area contributed by atoms with Crippen LogP contribution in [-0.2, 0) is 6.42 Å². The highest BCUT2D eigenvalue weighted by Crippen LogP contribution is 2.21. The van der Waals surface area contributed by atoms with E-state index in [0.717, 1.165) is 16.7 Å². The highest BCUT2D eigenvalue weighted by Gasteiger charge is 2.07. The van der Waals surface area contributed by atoms with E-state index in [9.17, 15) is 4.79 Å². The maximum absolute atomic E-state index is 12.4. The summed E-state index contributed by atoms with van der Waals surface area (Å²) < 4.78 is 5.61. The van der Waals surface area contributed by atoms with Crippen LogP contribution in [0.3, 0.4) is 0 Å². The van der Waals surface area contributed by atoms with Gasteiger partial charge in [0.1, 0.15) is 17.3 Å². The molecular weight excluding hydrogens is 412 g/mol. The standard InChI is InChI=1S/C24H24N2O4S/c27-14-12-17-2-1-3-21(16-17)18-4-6-19(7-5-18)23(28)25-13-15-30-22-10-8-20(9-11-22)24(31)26-29/h1-11,16,27,29H,12-15H2,(H,25,28)(H,26,31). The summed E-state index contributed by atoms with van der Waals surface area (Å²) in [5, 5.41) is 20.8. The van der Waals surface area contributed by atoms with Crippen molar-refractivity contribution in [2.45, 2.75) is 6.42 Å². The Labute approximate surface area is 186 Å². The normalized spacial score (nSPS) is 10.4. The second-order valence-corrected chi connectivity index (χ2v) is 7.23. The number of carbonyl (C=O) groups is 1. The van der Waals surface area contributed by atoms with Crippen LogP contribution < -0.4 is 15.5 Å². The summed E-state index contributed by atoms with van der Waals surface area (Å²) in [6.45, 7) is 0.804. The molecule has 160 valence electrons. The van der Waals surface area contributed by atoms with Gasteiger partial charge in [0.15, 0.2) is 0 Å². The molecule has 0 fully saturated rings. The Bertz CT molecular complexity index is 1020. The van der Waals surface area contributed by atoms with Crippen LogP contribution in [0.25, 0.3) is 11.1 Å². The first-order valence-corrected chi connectivity index (χ1v) is 10.3. The summed E-state index contributed by atoms with van der Waals surface area (Å²) in [6, 6.07) is 22.4. The van der Waals surface area contributed by atoms with E-state index in [4.69, 9.17) is 27.3 Å². The minimum atomic E-state index is -0.168. The summed E-state index contributed by atoms with van der Waals surface area (Å²) in [4.78, 5) is 12.6. The van der Waals surface area contributed by atoms with Crippen molar-refractivity contribution < 1.29 is 19.8 Å². The minimum absolute atomic E-state index is 0.118. The third-order valence-corrected chi connectivity index (χ3v) is 5.01. The van der Waals surface area contributed by atoms with Gasteiger partial charge < -0.3 is 15.2 Å². The highest BCUT2D eigenvalue weighted by molar-refractivity contribution is 7.80. The van der Waals surface area contributed by atoms with Crippen LogP contribution in [0.5, 0.6) is 5.75 Å². The zero-order valence-electron chi connectivity index (χ0n) is 16.9. The molecule has 4 N–H and O–H groups in total. The quantitative estimate of drug-likeness (QED) is 0.234. The zero-order valence-corrected chi connectivity index (χ0v) is 17.7. The average molecular weight is 437 g/mol. The summed E-state index contributed by atoms with van der Waals surface area (Å²) in [7, 11) is 0. The predicted molar refractivity (Wildman–Crippen MR) is 124 cm³/mol. The van der Waals surface area contributed by atoms with Crippen molar-refractivity contribution in [1.29, 1.82) is 0 Å². The Balaban J connectivity index is 1.48. The smallest absolute Gasteiger partial charge is 0.251 e. The first-order valence-electron chi connectivity index (χ1n) is 9.86. The van der Waals surface area contributed by atoms with Gasteiger partial charge >= 0.3 is 0 Å². The Morgan fingerprint density at radius 3 is 2.32 bits per heavy atom. The number of aliphatic hydroxyl groups excluding tert-OH is 1. The maximum Gasteiger partial charge on any atom is 0.251 e. The van der Waals surface area contributed by atoms with Crippen LogP contribution >= 0.6 is 12.2 Å². The lowest BCUT2D eigenvalue weighted by atomic mass is 10.0. The number of amides is 1. The first kappa shape index (κ1) is 22.4. The molecule has 7 heteroatoms. The molecule has 3 aromatic carbocycles. The Morgan fingerprint density at radius 1 is 0.935 bits per heavy atom. The van der Waals surface area contributed by atoms with Crippen molar-refractivity contribution in [3.05, 3.63) is 89.5 Å². The van der Waals surface area contributed by atoms with E-state index in [2.05, 4.69) is 5.32 Å². The van der Waals surface area contributed by atoms with Gasteiger partial charge in [-0.3, -0.25) is 15.5 Å². The summed E-state index contributed by atoms with van der Waals surface area (Å²) in [5.41, 5.74) is 6.33. The number of carbonyl (C=O) groups excluding carboxylic acids is 1. The van der Waals surface area contributed by atoms with E-state index >= 15 is 0 Å². The fourth-order valence-electron chi connectivity index (χ4n) is 3.05. The Kier molecular flexibility index (Phi) is 8.12. The molecular formula is C24H24N2O4S. The molecule has 0 heterocycles. The molecule has 31 heavy (non-hydrogen) atoms. The van der Waals surface area contributed by atoms with Gasteiger partial charge in [-0.2, -0.15) is 0 Å². The van der Waals surface area contributed by atoms with Crippen molar-refractivity contribution in [1.82, 2.24) is 10.8 Å². The van der Waals surface area contributed by atoms with Gasteiger partial charge in [0, 0.05) is 17.7 Å². The van der Waals surface area contributed by atoms with Crippen LogP contribution in [0.1, 0.15) is 21.5 Å². The molecule has 1 amide bonds. The van der Waals surface area contributed by atoms with Gasteiger partial charge in [0.25, 0.3) is 5.91 Å². The molecule has 0 unspecified atom stereocenters. The van der Waals surface area contributed by atoms with Crippen molar-refractivity contribution in [2.24, 2.45) is 0 Å². The van der Waals surface area contributed by atoms with E-state index in [1.165, 1.54) is 0 Å². The molecule has 6 nitrogen and oxygen atoms in total. The Morgan fingerprint density at radius 2 is 1.65 bits per heavy atom. The number of hydroxylamine groups is 1. The molecule has 0 spiro atoms. The van der Waals surface area contributed by atoms with E-state index in [1.54, 1.807) is 36.4 Å². The van der Waals surface area contributed by atoms with Crippen molar-refractivity contribution >= 4 is 23.1 Å². The molecule has 0 aliphatic heterocycles. The van der Waals surface area contributed by atoms with Crippen molar-refractivity contribution in [2.75, 3.05) is 19.8 Å². The monoisotopic (exact) mass is 436 g/mol. The van der Waals surface area contributed by atoms with Crippen molar-refractivity contribution in [3.63, 3.8) is 0 Å². The SMILES string of the molecule is O=C(NCCOc1ccc(C(=S)NO)cc1)c1ccc(-c2cccc(CCO)c2)cc1. The van der Waals surface area contributed by atoms with E-state index in [-0.39, 0.29) is 17.5 Å². The van der Waals surface area contributed by atoms with E-state index in [0.29, 0.717) is 36.4 Å². The summed E-state index contributed by atoms with van der Waals surface area (Å²) in [6.07, 6.45) is 0.619. The topological polar surface area (TPSA) is 90.8 Å². The molecule has 3 aromatic rings. The van der Waals surface area contributed by atoms with Gasteiger partial charge in [-0.05, 0) is 59.5 Å². The fraction of sp³-hybridized carbons (Fsp3) is 0.167. The summed E-state index contributed by atoms with van der Waals surface area (Å²) >= 11 is 4.94. The number of rotatable bonds is 9. The number of benzene rings is 3. The van der Waals surface area contributed by atoms with Crippen LogP contribution in [0, 0.1) is 0 Å². The van der Waals surface area contributed by atoms with Gasteiger partial charge in [-0.25, -0.2) is 0 Å². The molecule has 0 aromatic heterocycles. The second-order valence-electron chi connectivity index (χ2n) is 6.82.